The normalized spacial score (nSPS) is 11.1. The highest BCUT2D eigenvalue weighted by Gasteiger charge is 2.14. The minimum absolute atomic E-state index is 0.355. The summed E-state index contributed by atoms with van der Waals surface area (Å²) in [5.74, 6) is 0.769. The molecule has 5 heteroatoms. The molecule has 0 atom stereocenters. The van der Waals surface area contributed by atoms with E-state index in [1.807, 2.05) is 62.4 Å². The van der Waals surface area contributed by atoms with E-state index in [1.165, 1.54) is 0 Å². The lowest BCUT2D eigenvalue weighted by Gasteiger charge is -2.08. The van der Waals surface area contributed by atoms with E-state index in [1.54, 1.807) is 0 Å². The Kier molecular flexibility index (Phi) is 3.27. The van der Waals surface area contributed by atoms with E-state index in [0.717, 1.165) is 39.0 Å². The molecule has 0 saturated carbocycles. The lowest BCUT2D eigenvalue weighted by atomic mass is 9.99. The number of aromatic nitrogens is 3. The Labute approximate surface area is 138 Å². The van der Waals surface area contributed by atoms with Crippen molar-refractivity contribution in [2.75, 3.05) is 0 Å². The zero-order valence-electron chi connectivity index (χ0n) is 13.3. The second-order valence-electron chi connectivity index (χ2n) is 5.72. The predicted molar refractivity (Wildman–Crippen MR) is 92.8 cm³/mol. The van der Waals surface area contributed by atoms with Gasteiger partial charge in [-0.2, -0.15) is 4.98 Å². The van der Waals surface area contributed by atoms with Crippen molar-refractivity contribution in [2.24, 2.45) is 0 Å². The van der Waals surface area contributed by atoms with Crippen molar-refractivity contribution in [2.45, 2.75) is 13.8 Å². The van der Waals surface area contributed by atoms with Crippen LogP contribution in [0.15, 0.2) is 57.8 Å². The maximum atomic E-state index is 11.9. The van der Waals surface area contributed by atoms with Gasteiger partial charge < -0.3 is 9.51 Å². The smallest absolute Gasteiger partial charge is 0.345 e. The molecule has 2 aromatic carbocycles. The van der Waals surface area contributed by atoms with Gasteiger partial charge in [-0.05, 0) is 31.5 Å². The number of fused-ring (bicyclic) bond motifs is 1. The molecule has 0 amide bonds. The van der Waals surface area contributed by atoms with Crippen LogP contribution >= 0.6 is 0 Å². The Bertz CT molecular complexity index is 1080. The predicted octanol–water partition coefficient (Wildman–Crippen LogP) is 3.86. The Morgan fingerprint density at radius 2 is 1.79 bits per heavy atom. The minimum Gasteiger partial charge on any atom is -0.361 e. The molecule has 0 bridgehead atoms. The monoisotopic (exact) mass is 317 g/mol. The van der Waals surface area contributed by atoms with Crippen molar-refractivity contribution in [3.05, 3.63) is 70.5 Å². The number of aryl methyl sites for hydroxylation is 2. The fourth-order valence-electron chi connectivity index (χ4n) is 3.02. The molecule has 2 heterocycles. The zero-order valence-corrected chi connectivity index (χ0v) is 13.3. The molecule has 1 N–H and O–H groups in total. The molecule has 0 aliphatic heterocycles. The third-order valence-corrected chi connectivity index (χ3v) is 4.10. The molecule has 0 spiro atoms. The fraction of sp³-hybridized carbons (Fsp3) is 0.105. The van der Waals surface area contributed by atoms with E-state index >= 15 is 0 Å². The van der Waals surface area contributed by atoms with E-state index in [4.69, 9.17) is 4.52 Å². The summed E-state index contributed by atoms with van der Waals surface area (Å²) in [6.45, 7) is 3.81. The lowest BCUT2D eigenvalue weighted by molar-refractivity contribution is 0.393. The second kappa shape index (κ2) is 5.45. The van der Waals surface area contributed by atoms with Gasteiger partial charge in [0, 0.05) is 16.5 Å². The number of hydrogen-bond donors (Lipinski definition) is 1. The molecule has 118 valence electrons. The average Bonchev–Trinajstić information content (AvgIpc) is 2.93. The van der Waals surface area contributed by atoms with Gasteiger partial charge in [0.2, 0.25) is 0 Å². The molecule has 5 nitrogen and oxygen atoms in total. The van der Waals surface area contributed by atoms with Gasteiger partial charge in [0.15, 0.2) is 0 Å². The Balaban J connectivity index is 2.03. The second-order valence-corrected chi connectivity index (χ2v) is 5.72. The topological polar surface area (TPSA) is 71.8 Å². The standard InChI is InChI=1S/C19H15N3O2/c1-11-17(12(2)24-22-11)14-8-9-16-15(10-14)18(21-19(23)20-16)13-6-4-3-5-7-13/h3-10H,1-2H3,(H,20,21,23). The lowest BCUT2D eigenvalue weighted by Crippen LogP contribution is -2.11. The van der Waals surface area contributed by atoms with E-state index in [9.17, 15) is 4.79 Å². The molecule has 0 unspecified atom stereocenters. The summed E-state index contributed by atoms with van der Waals surface area (Å²) in [4.78, 5) is 18.9. The van der Waals surface area contributed by atoms with Gasteiger partial charge in [0.1, 0.15) is 5.76 Å². The van der Waals surface area contributed by atoms with Crippen LogP contribution in [0.2, 0.25) is 0 Å². The minimum atomic E-state index is -0.355. The average molecular weight is 317 g/mol. The molecule has 24 heavy (non-hydrogen) atoms. The largest absolute Gasteiger partial charge is 0.361 e. The van der Waals surface area contributed by atoms with Crippen molar-refractivity contribution in [3.63, 3.8) is 0 Å². The van der Waals surface area contributed by atoms with Crippen molar-refractivity contribution < 1.29 is 4.52 Å². The van der Waals surface area contributed by atoms with Crippen LogP contribution in [-0.4, -0.2) is 15.1 Å². The summed E-state index contributed by atoms with van der Waals surface area (Å²) in [6, 6.07) is 15.6. The molecule has 0 fully saturated rings. The number of hydrogen-bond acceptors (Lipinski definition) is 4. The molecule has 0 saturated heterocycles. The summed E-state index contributed by atoms with van der Waals surface area (Å²) >= 11 is 0. The Hall–Kier alpha value is -3.21. The zero-order chi connectivity index (χ0) is 16.7. The summed E-state index contributed by atoms with van der Waals surface area (Å²) < 4.78 is 5.27. The number of aromatic amines is 1. The highest BCUT2D eigenvalue weighted by molar-refractivity contribution is 5.95. The van der Waals surface area contributed by atoms with Crippen LogP contribution in [0.25, 0.3) is 33.3 Å². The number of nitrogens with one attached hydrogen (secondary N) is 1. The van der Waals surface area contributed by atoms with E-state index in [-0.39, 0.29) is 5.69 Å². The van der Waals surface area contributed by atoms with Crippen molar-refractivity contribution in [1.29, 1.82) is 0 Å². The van der Waals surface area contributed by atoms with Crippen LogP contribution in [-0.2, 0) is 0 Å². The van der Waals surface area contributed by atoms with Crippen molar-refractivity contribution >= 4 is 10.9 Å². The van der Waals surface area contributed by atoms with Gasteiger partial charge in [0.25, 0.3) is 0 Å². The highest BCUT2D eigenvalue weighted by Crippen LogP contribution is 2.32. The third kappa shape index (κ3) is 2.31. The molecular weight excluding hydrogens is 302 g/mol. The maximum absolute atomic E-state index is 11.9. The molecule has 0 radical (unpaired) electrons. The molecule has 4 rings (SSSR count). The number of nitrogens with zero attached hydrogens (tertiary/aromatic N) is 2. The first-order valence-corrected chi connectivity index (χ1v) is 7.66. The fourth-order valence-corrected chi connectivity index (χ4v) is 3.02. The van der Waals surface area contributed by atoms with Gasteiger partial charge in [-0.3, -0.25) is 0 Å². The first-order chi connectivity index (χ1) is 11.6. The SMILES string of the molecule is Cc1noc(C)c1-c1ccc2[nH]c(=O)nc(-c3ccccc3)c2c1. The van der Waals surface area contributed by atoms with Gasteiger partial charge in [-0.15, -0.1) is 0 Å². The van der Waals surface area contributed by atoms with Crippen LogP contribution < -0.4 is 5.69 Å². The first-order valence-electron chi connectivity index (χ1n) is 7.66. The maximum Gasteiger partial charge on any atom is 0.345 e. The quantitative estimate of drug-likeness (QED) is 0.609. The van der Waals surface area contributed by atoms with Crippen molar-refractivity contribution in [3.8, 4) is 22.4 Å². The number of benzene rings is 2. The van der Waals surface area contributed by atoms with Crippen LogP contribution in [0.1, 0.15) is 11.5 Å². The van der Waals surface area contributed by atoms with Gasteiger partial charge in [0.05, 0.1) is 16.9 Å². The van der Waals surface area contributed by atoms with Crippen LogP contribution in [0.5, 0.6) is 0 Å². The van der Waals surface area contributed by atoms with Crippen LogP contribution in [0.4, 0.5) is 0 Å². The molecule has 4 aromatic rings. The summed E-state index contributed by atoms with van der Waals surface area (Å²) in [5.41, 5.74) is 4.78. The Morgan fingerprint density at radius 1 is 1.00 bits per heavy atom. The molecule has 2 aromatic heterocycles. The summed E-state index contributed by atoms with van der Waals surface area (Å²) in [6.07, 6.45) is 0. The molecule has 0 aliphatic carbocycles. The first kappa shape index (κ1) is 14.4. The van der Waals surface area contributed by atoms with Crippen LogP contribution in [0, 0.1) is 13.8 Å². The summed E-state index contributed by atoms with van der Waals surface area (Å²) in [7, 11) is 0. The highest BCUT2D eigenvalue weighted by atomic mass is 16.5. The van der Waals surface area contributed by atoms with E-state index in [2.05, 4.69) is 15.1 Å². The molecule has 0 aliphatic rings. The van der Waals surface area contributed by atoms with Gasteiger partial charge in [-0.1, -0.05) is 41.6 Å². The van der Waals surface area contributed by atoms with Crippen molar-refractivity contribution in [1.82, 2.24) is 15.1 Å². The Morgan fingerprint density at radius 3 is 2.50 bits per heavy atom. The number of rotatable bonds is 2. The summed E-state index contributed by atoms with van der Waals surface area (Å²) in [5, 5.41) is 4.91. The van der Waals surface area contributed by atoms with E-state index < -0.39 is 0 Å². The molecular formula is C19H15N3O2. The van der Waals surface area contributed by atoms with Gasteiger partial charge in [-0.25, -0.2) is 4.79 Å². The third-order valence-electron chi connectivity index (χ3n) is 4.10. The van der Waals surface area contributed by atoms with Gasteiger partial charge >= 0.3 is 5.69 Å². The van der Waals surface area contributed by atoms with Crippen LogP contribution in [0.3, 0.4) is 0 Å². The van der Waals surface area contributed by atoms with E-state index in [0.29, 0.717) is 5.69 Å². The number of H-pyrrole nitrogens is 1.